The molecule has 2 saturated carbocycles. The molecular weight excluding hydrogens is 276 g/mol. The van der Waals surface area contributed by atoms with Crippen molar-refractivity contribution >= 4 is 34.9 Å². The van der Waals surface area contributed by atoms with E-state index in [2.05, 4.69) is 15.6 Å². The lowest BCUT2D eigenvalue weighted by atomic mass is 9.98. The number of nitrogens with one attached hydrogen (secondary N) is 1. The van der Waals surface area contributed by atoms with Gasteiger partial charge in [-0.3, -0.25) is 0 Å². The second-order valence-electron chi connectivity index (χ2n) is 6.01. The zero-order valence-corrected chi connectivity index (χ0v) is 12.3. The summed E-state index contributed by atoms with van der Waals surface area (Å²) >= 11 is 11.7. The Labute approximate surface area is 122 Å². The number of rotatable bonds is 4. The van der Waals surface area contributed by atoms with Crippen molar-refractivity contribution in [2.45, 2.75) is 32.2 Å². The minimum Gasteiger partial charge on any atom is -0.329 e. The molecule has 2 fully saturated rings. The van der Waals surface area contributed by atoms with Crippen molar-refractivity contribution in [1.29, 1.82) is 0 Å². The first-order valence-corrected chi connectivity index (χ1v) is 7.89. The molecule has 0 spiro atoms. The molecule has 0 bridgehead atoms. The normalized spacial score (nSPS) is 19.5. The smallest absolute Gasteiger partial charge is 0.178 e. The van der Waals surface area contributed by atoms with E-state index >= 15 is 0 Å². The Kier molecular flexibility index (Phi) is 2.75. The van der Waals surface area contributed by atoms with Gasteiger partial charge in [-0.05, 0) is 67.8 Å². The van der Waals surface area contributed by atoms with Crippen molar-refractivity contribution in [1.82, 2.24) is 9.55 Å². The summed E-state index contributed by atoms with van der Waals surface area (Å²) in [5.41, 5.74) is 2.14. The number of aromatic amines is 1. The second-order valence-corrected chi connectivity index (χ2v) is 6.81. The topological polar surface area (TPSA) is 20.7 Å². The molecule has 2 nitrogen and oxygen atoms in total. The summed E-state index contributed by atoms with van der Waals surface area (Å²) < 4.78 is 3.08. The molecule has 1 N–H and O–H groups in total. The van der Waals surface area contributed by atoms with E-state index < -0.39 is 0 Å². The van der Waals surface area contributed by atoms with Crippen LogP contribution in [-0.4, -0.2) is 9.55 Å². The van der Waals surface area contributed by atoms with Crippen LogP contribution in [0.4, 0.5) is 0 Å². The van der Waals surface area contributed by atoms with E-state index in [4.69, 9.17) is 23.8 Å². The Morgan fingerprint density at radius 2 is 1.95 bits per heavy atom. The molecule has 0 amide bonds. The van der Waals surface area contributed by atoms with Crippen molar-refractivity contribution in [3.05, 3.63) is 28.0 Å². The van der Waals surface area contributed by atoms with Gasteiger partial charge in [0.2, 0.25) is 0 Å². The lowest BCUT2D eigenvalue weighted by Gasteiger charge is -2.16. The molecule has 4 rings (SSSR count). The quantitative estimate of drug-likeness (QED) is 0.804. The van der Waals surface area contributed by atoms with Gasteiger partial charge in [-0.1, -0.05) is 17.7 Å². The number of nitrogens with zero attached hydrogens (tertiary/aromatic N) is 1. The van der Waals surface area contributed by atoms with Crippen LogP contribution in [0.3, 0.4) is 0 Å². The second kappa shape index (κ2) is 4.35. The highest BCUT2D eigenvalue weighted by Crippen LogP contribution is 2.50. The minimum atomic E-state index is 0.761. The van der Waals surface area contributed by atoms with E-state index in [0.717, 1.165) is 45.1 Å². The highest BCUT2D eigenvalue weighted by Gasteiger charge is 2.41. The first-order chi connectivity index (χ1) is 9.24. The molecule has 100 valence electrons. The first-order valence-electron chi connectivity index (χ1n) is 7.11. The van der Waals surface area contributed by atoms with Gasteiger partial charge < -0.3 is 9.55 Å². The molecule has 0 atom stereocenters. The minimum absolute atomic E-state index is 0.761. The van der Waals surface area contributed by atoms with Crippen LogP contribution in [0.25, 0.3) is 11.0 Å². The molecule has 2 aliphatic carbocycles. The monoisotopic (exact) mass is 292 g/mol. The SMILES string of the molecule is S=c1[nH]c2c(Cl)cccc2n1CC(C1CC1)C1CC1. The van der Waals surface area contributed by atoms with Crippen molar-refractivity contribution in [2.24, 2.45) is 17.8 Å². The number of benzene rings is 1. The van der Waals surface area contributed by atoms with Gasteiger partial charge in [-0.15, -0.1) is 0 Å². The highest BCUT2D eigenvalue weighted by molar-refractivity contribution is 7.71. The van der Waals surface area contributed by atoms with Crippen LogP contribution < -0.4 is 0 Å². The number of hydrogen-bond donors (Lipinski definition) is 1. The molecule has 4 heteroatoms. The number of hydrogen-bond acceptors (Lipinski definition) is 1. The summed E-state index contributed by atoms with van der Waals surface area (Å²) in [6.07, 6.45) is 5.66. The third-order valence-corrected chi connectivity index (χ3v) is 5.25. The Balaban J connectivity index is 1.75. The average Bonchev–Trinajstić information content (AvgIpc) is 3.26. The van der Waals surface area contributed by atoms with Crippen LogP contribution in [-0.2, 0) is 6.54 Å². The van der Waals surface area contributed by atoms with E-state index in [0.29, 0.717) is 0 Å². The Bertz CT molecular complexity index is 667. The van der Waals surface area contributed by atoms with Crippen LogP contribution in [0.5, 0.6) is 0 Å². The van der Waals surface area contributed by atoms with Crippen molar-refractivity contribution in [2.75, 3.05) is 0 Å². The standard InChI is InChI=1S/C15H17ClN2S/c16-12-2-1-3-13-14(12)17-15(19)18(13)8-11(9-4-5-9)10-6-7-10/h1-3,9-11H,4-8H2,(H,17,19). The van der Waals surface area contributed by atoms with Crippen LogP contribution >= 0.6 is 23.8 Å². The third kappa shape index (κ3) is 2.13. The van der Waals surface area contributed by atoms with E-state index in [1.165, 1.54) is 25.7 Å². The van der Waals surface area contributed by atoms with Crippen molar-refractivity contribution in [3.8, 4) is 0 Å². The summed E-state index contributed by atoms with van der Waals surface area (Å²) in [5.74, 6) is 2.71. The van der Waals surface area contributed by atoms with Gasteiger partial charge in [-0.25, -0.2) is 0 Å². The number of para-hydroxylation sites is 1. The van der Waals surface area contributed by atoms with Crippen LogP contribution in [0.15, 0.2) is 18.2 Å². The van der Waals surface area contributed by atoms with E-state index in [9.17, 15) is 0 Å². The fraction of sp³-hybridized carbons (Fsp3) is 0.533. The molecule has 0 radical (unpaired) electrons. The fourth-order valence-corrected chi connectivity index (χ4v) is 3.76. The molecule has 19 heavy (non-hydrogen) atoms. The van der Waals surface area contributed by atoms with Gasteiger partial charge in [0.1, 0.15) is 0 Å². The summed E-state index contributed by atoms with van der Waals surface area (Å²) in [7, 11) is 0. The maximum Gasteiger partial charge on any atom is 0.178 e. The molecule has 0 unspecified atom stereocenters. The molecule has 0 saturated heterocycles. The number of H-pyrrole nitrogens is 1. The highest BCUT2D eigenvalue weighted by atomic mass is 35.5. The first kappa shape index (κ1) is 12.0. The molecule has 0 aliphatic heterocycles. The van der Waals surface area contributed by atoms with E-state index in [1.807, 2.05) is 12.1 Å². The number of halogens is 1. The summed E-state index contributed by atoms with van der Waals surface area (Å²) in [6, 6.07) is 6.04. The van der Waals surface area contributed by atoms with Crippen molar-refractivity contribution < 1.29 is 0 Å². The van der Waals surface area contributed by atoms with Gasteiger partial charge in [0.25, 0.3) is 0 Å². The molecule has 1 heterocycles. The maximum absolute atomic E-state index is 6.24. The lowest BCUT2D eigenvalue weighted by molar-refractivity contribution is 0.351. The number of imidazole rings is 1. The summed E-state index contributed by atoms with van der Waals surface area (Å²) in [4.78, 5) is 3.27. The van der Waals surface area contributed by atoms with Crippen LogP contribution in [0.2, 0.25) is 5.02 Å². The predicted molar refractivity (Wildman–Crippen MR) is 81.1 cm³/mol. The molecule has 2 aromatic rings. The van der Waals surface area contributed by atoms with E-state index in [-0.39, 0.29) is 0 Å². The Morgan fingerprint density at radius 3 is 2.58 bits per heavy atom. The Morgan fingerprint density at radius 1 is 1.26 bits per heavy atom. The zero-order valence-electron chi connectivity index (χ0n) is 10.7. The number of fused-ring (bicyclic) bond motifs is 1. The average molecular weight is 293 g/mol. The zero-order chi connectivity index (χ0) is 13.0. The Hall–Kier alpha value is -0.800. The summed E-state index contributed by atoms with van der Waals surface area (Å²) in [6.45, 7) is 1.06. The largest absolute Gasteiger partial charge is 0.329 e. The van der Waals surface area contributed by atoms with Gasteiger partial charge in [0, 0.05) is 6.54 Å². The van der Waals surface area contributed by atoms with Gasteiger partial charge in [-0.2, -0.15) is 0 Å². The van der Waals surface area contributed by atoms with E-state index in [1.54, 1.807) is 0 Å². The molecule has 2 aliphatic rings. The molecule has 1 aromatic carbocycles. The van der Waals surface area contributed by atoms with Gasteiger partial charge >= 0.3 is 0 Å². The fourth-order valence-electron chi connectivity index (χ4n) is 3.27. The molecular formula is C15H17ClN2S. The van der Waals surface area contributed by atoms with Crippen molar-refractivity contribution in [3.63, 3.8) is 0 Å². The van der Waals surface area contributed by atoms with Gasteiger partial charge in [0.15, 0.2) is 4.77 Å². The summed E-state index contributed by atoms with van der Waals surface area (Å²) in [5, 5.41) is 0.761. The van der Waals surface area contributed by atoms with Crippen LogP contribution in [0.1, 0.15) is 25.7 Å². The lowest BCUT2D eigenvalue weighted by Crippen LogP contribution is -2.15. The maximum atomic E-state index is 6.24. The van der Waals surface area contributed by atoms with Gasteiger partial charge in [0.05, 0.1) is 16.1 Å². The number of aromatic nitrogens is 2. The molecule has 1 aromatic heterocycles. The van der Waals surface area contributed by atoms with Crippen LogP contribution in [0, 0.1) is 22.5 Å². The third-order valence-electron chi connectivity index (χ3n) is 4.61. The predicted octanol–water partition coefficient (Wildman–Crippen LogP) is 4.79.